The lowest BCUT2D eigenvalue weighted by molar-refractivity contribution is -0.386. The topological polar surface area (TPSA) is 102 Å². The summed E-state index contributed by atoms with van der Waals surface area (Å²) in [4.78, 5) is 14.9. The van der Waals surface area contributed by atoms with E-state index in [9.17, 15) is 18.5 Å². The van der Waals surface area contributed by atoms with Gasteiger partial charge in [0.1, 0.15) is 0 Å². The molecule has 0 amide bonds. The van der Waals surface area contributed by atoms with Crippen molar-refractivity contribution in [3.8, 4) is 0 Å². The van der Waals surface area contributed by atoms with Crippen LogP contribution in [0.4, 0.5) is 5.69 Å². The number of sulfone groups is 1. The number of aromatic nitrogens is 1. The van der Waals surface area contributed by atoms with Crippen LogP contribution in [0.2, 0.25) is 0 Å². The maximum atomic E-state index is 11.6. The van der Waals surface area contributed by atoms with E-state index in [1.165, 1.54) is 6.20 Å². The molecule has 1 fully saturated rings. The third-order valence-corrected chi connectivity index (χ3v) is 5.85. The van der Waals surface area contributed by atoms with Crippen LogP contribution in [0.25, 0.3) is 0 Å². The summed E-state index contributed by atoms with van der Waals surface area (Å²) in [6.45, 7) is 5.50. The maximum Gasteiger partial charge on any atom is 0.278 e. The Balaban J connectivity index is 2.18. The van der Waals surface area contributed by atoms with Crippen molar-refractivity contribution < 1.29 is 13.3 Å². The van der Waals surface area contributed by atoms with Gasteiger partial charge in [-0.2, -0.15) is 0 Å². The van der Waals surface area contributed by atoms with Crippen molar-refractivity contribution in [3.05, 3.63) is 33.1 Å². The Morgan fingerprint density at radius 2 is 2.14 bits per heavy atom. The third-order valence-electron chi connectivity index (χ3n) is 3.94. The van der Waals surface area contributed by atoms with Crippen molar-refractivity contribution in [1.29, 1.82) is 0 Å². The zero-order chi connectivity index (χ0) is 15.8. The van der Waals surface area contributed by atoms with Gasteiger partial charge in [-0.05, 0) is 27.2 Å². The molecule has 1 unspecified atom stereocenters. The molecule has 0 saturated carbocycles. The maximum absolute atomic E-state index is 11.6. The summed E-state index contributed by atoms with van der Waals surface area (Å²) in [7, 11) is -2.99. The van der Waals surface area contributed by atoms with E-state index in [0.717, 1.165) is 0 Å². The number of hydrogen-bond donors (Lipinski definition) is 1. The first-order valence-electron chi connectivity index (χ1n) is 6.68. The molecule has 0 radical (unpaired) electrons. The summed E-state index contributed by atoms with van der Waals surface area (Å²) in [5, 5.41) is 14.3. The fourth-order valence-electron chi connectivity index (χ4n) is 2.67. The van der Waals surface area contributed by atoms with E-state index >= 15 is 0 Å². The molecule has 0 aromatic carbocycles. The molecule has 1 aliphatic rings. The molecule has 2 heterocycles. The van der Waals surface area contributed by atoms with Gasteiger partial charge in [0.25, 0.3) is 5.69 Å². The van der Waals surface area contributed by atoms with E-state index in [1.807, 2.05) is 6.92 Å². The van der Waals surface area contributed by atoms with E-state index in [1.54, 1.807) is 13.8 Å². The second kappa shape index (κ2) is 5.34. The van der Waals surface area contributed by atoms with Crippen molar-refractivity contribution in [3.63, 3.8) is 0 Å². The molecule has 1 aromatic rings. The number of nitro groups is 1. The summed E-state index contributed by atoms with van der Waals surface area (Å²) in [5.74, 6) is 0.268. The Hall–Kier alpha value is -1.54. The molecule has 1 saturated heterocycles. The lowest BCUT2D eigenvalue weighted by atomic mass is 10.0. The minimum Gasteiger partial charge on any atom is -0.305 e. The summed E-state index contributed by atoms with van der Waals surface area (Å²) in [6, 6.07) is 0. The van der Waals surface area contributed by atoms with Crippen molar-refractivity contribution in [2.24, 2.45) is 0 Å². The van der Waals surface area contributed by atoms with Gasteiger partial charge in [-0.1, -0.05) is 0 Å². The third kappa shape index (κ3) is 3.38. The van der Waals surface area contributed by atoms with Gasteiger partial charge in [-0.15, -0.1) is 0 Å². The second-order valence-electron chi connectivity index (χ2n) is 5.87. The predicted molar refractivity (Wildman–Crippen MR) is 78.9 cm³/mol. The van der Waals surface area contributed by atoms with Crippen LogP contribution in [0.5, 0.6) is 0 Å². The molecule has 8 heteroatoms. The fourth-order valence-corrected chi connectivity index (χ4v) is 4.79. The smallest absolute Gasteiger partial charge is 0.278 e. The van der Waals surface area contributed by atoms with E-state index < -0.39 is 20.3 Å². The normalized spacial score (nSPS) is 24.1. The molecule has 1 aliphatic heterocycles. The number of nitrogens with zero attached hydrogens (tertiary/aromatic N) is 2. The largest absolute Gasteiger partial charge is 0.305 e. The van der Waals surface area contributed by atoms with Gasteiger partial charge in [0, 0.05) is 29.4 Å². The van der Waals surface area contributed by atoms with E-state index in [2.05, 4.69) is 10.3 Å². The molecule has 116 valence electrons. The van der Waals surface area contributed by atoms with Gasteiger partial charge in [0.05, 0.1) is 22.1 Å². The van der Waals surface area contributed by atoms with Crippen LogP contribution in [0.1, 0.15) is 30.2 Å². The molecule has 1 atom stereocenters. The zero-order valence-electron chi connectivity index (χ0n) is 12.3. The average Bonchev–Trinajstić information content (AvgIpc) is 2.63. The molecular weight excluding hydrogens is 294 g/mol. The van der Waals surface area contributed by atoms with Gasteiger partial charge < -0.3 is 5.32 Å². The predicted octanol–water partition coefficient (Wildman–Crippen LogP) is 1.27. The molecule has 0 spiro atoms. The monoisotopic (exact) mass is 313 g/mol. The number of rotatable bonds is 4. The molecular formula is C13H19N3O4S. The molecule has 0 bridgehead atoms. The minimum atomic E-state index is -2.99. The highest BCUT2D eigenvalue weighted by Crippen LogP contribution is 2.26. The highest BCUT2D eigenvalue weighted by Gasteiger charge is 2.38. The van der Waals surface area contributed by atoms with Crippen LogP contribution in [0, 0.1) is 24.0 Å². The van der Waals surface area contributed by atoms with Crippen LogP contribution >= 0.6 is 0 Å². The number of aryl methyl sites for hydroxylation is 1. The molecule has 7 nitrogen and oxygen atoms in total. The van der Waals surface area contributed by atoms with Crippen molar-refractivity contribution in [1.82, 2.24) is 10.3 Å². The number of pyridine rings is 1. The Kier molecular flexibility index (Phi) is 4.03. The van der Waals surface area contributed by atoms with Crippen molar-refractivity contribution in [2.75, 3.05) is 11.5 Å². The second-order valence-corrected chi connectivity index (χ2v) is 8.06. The van der Waals surface area contributed by atoms with E-state index in [-0.39, 0.29) is 17.2 Å². The van der Waals surface area contributed by atoms with Crippen LogP contribution in [0.15, 0.2) is 6.20 Å². The minimum absolute atomic E-state index is 0.0750. The zero-order valence-corrected chi connectivity index (χ0v) is 13.2. The van der Waals surface area contributed by atoms with Crippen LogP contribution in [-0.4, -0.2) is 35.4 Å². The Bertz CT molecular complexity index is 687. The first-order chi connectivity index (χ1) is 9.64. The highest BCUT2D eigenvalue weighted by atomic mass is 32.2. The summed E-state index contributed by atoms with van der Waals surface area (Å²) in [5.41, 5.74) is 1.21. The Morgan fingerprint density at radius 3 is 2.67 bits per heavy atom. The van der Waals surface area contributed by atoms with Crippen LogP contribution in [0.3, 0.4) is 0 Å². The average molecular weight is 313 g/mol. The Labute approximate surface area is 123 Å². The first kappa shape index (κ1) is 15.8. The number of hydrogen-bond acceptors (Lipinski definition) is 6. The van der Waals surface area contributed by atoms with Crippen molar-refractivity contribution >= 4 is 15.5 Å². The van der Waals surface area contributed by atoms with Gasteiger partial charge >= 0.3 is 0 Å². The summed E-state index contributed by atoms with van der Waals surface area (Å²) in [6.07, 6.45) is 2.03. The lowest BCUT2D eigenvalue weighted by Gasteiger charge is -2.24. The van der Waals surface area contributed by atoms with Gasteiger partial charge in [0.15, 0.2) is 9.84 Å². The van der Waals surface area contributed by atoms with Crippen LogP contribution < -0.4 is 5.32 Å². The molecule has 21 heavy (non-hydrogen) atoms. The Morgan fingerprint density at radius 1 is 1.48 bits per heavy atom. The van der Waals surface area contributed by atoms with Gasteiger partial charge in [-0.3, -0.25) is 15.1 Å². The fraction of sp³-hybridized carbons (Fsp3) is 0.615. The van der Waals surface area contributed by atoms with Crippen LogP contribution in [-0.2, 0) is 16.4 Å². The van der Waals surface area contributed by atoms with Gasteiger partial charge in [-0.25, -0.2) is 8.42 Å². The molecule has 1 aromatic heterocycles. The van der Waals surface area contributed by atoms with E-state index in [4.69, 9.17) is 0 Å². The highest BCUT2D eigenvalue weighted by molar-refractivity contribution is 7.91. The summed E-state index contributed by atoms with van der Waals surface area (Å²) < 4.78 is 23.1. The number of nitrogens with one attached hydrogen (secondary N) is 1. The lowest BCUT2D eigenvalue weighted by Crippen LogP contribution is -2.43. The SMILES string of the molecule is Cc1cnc(CNC2(C)CCS(=O)(=O)C2)c(C)c1[N+](=O)[O-]. The van der Waals surface area contributed by atoms with Crippen molar-refractivity contribution in [2.45, 2.75) is 39.3 Å². The summed E-state index contributed by atoms with van der Waals surface area (Å²) >= 11 is 0. The van der Waals surface area contributed by atoms with E-state index in [0.29, 0.717) is 29.8 Å². The van der Waals surface area contributed by atoms with Gasteiger partial charge in [0.2, 0.25) is 0 Å². The first-order valence-corrected chi connectivity index (χ1v) is 8.51. The molecule has 1 N–H and O–H groups in total. The quantitative estimate of drug-likeness (QED) is 0.663. The standard InChI is InChI=1S/C13H19N3O4S/c1-9-6-14-11(10(2)12(9)16(17)18)7-15-13(3)4-5-21(19,20)8-13/h6,15H,4-5,7-8H2,1-3H3. The molecule has 2 rings (SSSR count). The molecule has 0 aliphatic carbocycles.